The van der Waals surface area contributed by atoms with E-state index in [1.165, 1.54) is 18.2 Å². The monoisotopic (exact) mass is 470 g/mol. The second-order valence-corrected chi connectivity index (χ2v) is 8.30. The fraction of sp³-hybridized carbons (Fsp3) is 0.0588. The summed E-state index contributed by atoms with van der Waals surface area (Å²) in [6, 6.07) is 11.7. The maximum Gasteiger partial charge on any atom is 0.256 e. The molecule has 0 fully saturated rings. The molecule has 3 nitrogen and oxygen atoms in total. The molecule has 0 spiro atoms. The Morgan fingerprint density at radius 1 is 1.25 bits per heavy atom. The van der Waals surface area contributed by atoms with E-state index in [9.17, 15) is 9.18 Å². The highest BCUT2D eigenvalue weighted by atomic mass is 127. The molecule has 3 rings (SSSR count). The van der Waals surface area contributed by atoms with Gasteiger partial charge in [-0.05, 0) is 72.0 Å². The molecule has 1 aromatic heterocycles. The number of thiazole rings is 1. The van der Waals surface area contributed by atoms with Gasteiger partial charge in [0.25, 0.3) is 5.91 Å². The van der Waals surface area contributed by atoms with E-state index in [1.807, 2.05) is 59.2 Å². The number of halogens is 2. The molecule has 1 N–H and O–H groups in total. The van der Waals surface area contributed by atoms with E-state index >= 15 is 0 Å². The molecule has 1 amide bonds. The van der Waals surface area contributed by atoms with Gasteiger partial charge in [0.2, 0.25) is 0 Å². The standard InChI is InChI=1S/C17H12FIN2OS2/c1-10-9-23-17(20-10)24-13-5-3-12(4-6-13)21-16(22)14-7-2-11(18)8-15(14)19/h2-9H,1H3,(H,21,22). The summed E-state index contributed by atoms with van der Waals surface area (Å²) in [5.74, 6) is -0.606. The number of aryl methyl sites for hydroxylation is 1. The predicted octanol–water partition coefficient (Wildman–Crippen LogP) is 5.60. The lowest BCUT2D eigenvalue weighted by Gasteiger charge is -2.07. The van der Waals surface area contributed by atoms with Crippen molar-refractivity contribution in [2.45, 2.75) is 16.2 Å². The zero-order valence-electron chi connectivity index (χ0n) is 12.5. The van der Waals surface area contributed by atoms with E-state index < -0.39 is 0 Å². The largest absolute Gasteiger partial charge is 0.322 e. The minimum Gasteiger partial charge on any atom is -0.322 e. The van der Waals surface area contributed by atoms with Gasteiger partial charge < -0.3 is 5.32 Å². The Hall–Kier alpha value is -1.45. The van der Waals surface area contributed by atoms with Crippen LogP contribution < -0.4 is 5.32 Å². The lowest BCUT2D eigenvalue weighted by Crippen LogP contribution is -2.13. The molecule has 122 valence electrons. The highest BCUT2D eigenvalue weighted by Crippen LogP contribution is 2.31. The van der Waals surface area contributed by atoms with Crippen LogP contribution in [0.3, 0.4) is 0 Å². The Bertz CT molecular complexity index is 881. The maximum atomic E-state index is 13.1. The van der Waals surface area contributed by atoms with E-state index in [0.29, 0.717) is 14.8 Å². The van der Waals surface area contributed by atoms with Crippen molar-refractivity contribution in [3.8, 4) is 0 Å². The molecule has 0 radical (unpaired) electrons. The second kappa shape index (κ2) is 7.62. The van der Waals surface area contributed by atoms with Crippen molar-refractivity contribution in [1.29, 1.82) is 0 Å². The van der Waals surface area contributed by atoms with Crippen LogP contribution >= 0.6 is 45.7 Å². The lowest BCUT2D eigenvalue weighted by molar-refractivity contribution is 0.102. The molecule has 7 heteroatoms. The molecule has 24 heavy (non-hydrogen) atoms. The molecule has 0 aliphatic rings. The van der Waals surface area contributed by atoms with Crippen molar-refractivity contribution in [1.82, 2.24) is 4.98 Å². The van der Waals surface area contributed by atoms with Crippen LogP contribution in [0.25, 0.3) is 0 Å². The quantitative estimate of drug-likeness (QED) is 0.505. The third kappa shape index (κ3) is 4.34. The van der Waals surface area contributed by atoms with Crippen LogP contribution in [0.4, 0.5) is 10.1 Å². The molecule has 0 bridgehead atoms. The SMILES string of the molecule is Cc1csc(Sc2ccc(NC(=O)c3ccc(F)cc3I)cc2)n1. The number of carbonyl (C=O) groups excluding carboxylic acids is 1. The highest BCUT2D eigenvalue weighted by Gasteiger charge is 2.11. The normalized spacial score (nSPS) is 10.6. The molecule has 3 aromatic rings. The second-order valence-electron chi connectivity index (χ2n) is 4.96. The van der Waals surface area contributed by atoms with Crippen molar-refractivity contribution < 1.29 is 9.18 Å². The van der Waals surface area contributed by atoms with Crippen LogP contribution in [-0.4, -0.2) is 10.9 Å². The van der Waals surface area contributed by atoms with Gasteiger partial charge in [-0.1, -0.05) is 11.8 Å². The highest BCUT2D eigenvalue weighted by molar-refractivity contribution is 14.1. The number of nitrogens with zero attached hydrogens (tertiary/aromatic N) is 1. The fourth-order valence-electron chi connectivity index (χ4n) is 1.96. The smallest absolute Gasteiger partial charge is 0.256 e. The maximum absolute atomic E-state index is 13.1. The van der Waals surface area contributed by atoms with E-state index in [0.717, 1.165) is 14.9 Å². The van der Waals surface area contributed by atoms with Gasteiger partial charge in [0.05, 0.1) is 5.56 Å². The average Bonchev–Trinajstić information content (AvgIpc) is 2.94. The molecule has 0 aliphatic heterocycles. The summed E-state index contributed by atoms with van der Waals surface area (Å²) < 4.78 is 14.7. The minimum absolute atomic E-state index is 0.254. The minimum atomic E-state index is -0.352. The number of benzene rings is 2. The summed E-state index contributed by atoms with van der Waals surface area (Å²) in [5, 5.41) is 4.84. The molecule has 2 aromatic carbocycles. The van der Waals surface area contributed by atoms with Gasteiger partial charge in [-0.15, -0.1) is 11.3 Å². The van der Waals surface area contributed by atoms with Gasteiger partial charge in [0.15, 0.2) is 4.34 Å². The van der Waals surface area contributed by atoms with Crippen LogP contribution in [-0.2, 0) is 0 Å². The Morgan fingerprint density at radius 3 is 2.62 bits per heavy atom. The fourth-order valence-corrected chi connectivity index (χ4v) is 4.49. The molecule has 0 atom stereocenters. The van der Waals surface area contributed by atoms with E-state index in [1.54, 1.807) is 23.1 Å². The van der Waals surface area contributed by atoms with Crippen LogP contribution in [0.5, 0.6) is 0 Å². The lowest BCUT2D eigenvalue weighted by atomic mass is 10.2. The van der Waals surface area contributed by atoms with Crippen molar-refractivity contribution in [2.75, 3.05) is 5.32 Å². The van der Waals surface area contributed by atoms with Crippen molar-refractivity contribution in [3.05, 3.63) is 68.5 Å². The number of carbonyl (C=O) groups is 1. The van der Waals surface area contributed by atoms with Gasteiger partial charge >= 0.3 is 0 Å². The van der Waals surface area contributed by atoms with E-state index in [4.69, 9.17) is 0 Å². The summed E-state index contributed by atoms with van der Waals surface area (Å²) in [4.78, 5) is 17.7. The van der Waals surface area contributed by atoms with Gasteiger partial charge in [-0.3, -0.25) is 4.79 Å². The summed E-state index contributed by atoms with van der Waals surface area (Å²) in [6.45, 7) is 1.97. The number of rotatable bonds is 4. The van der Waals surface area contributed by atoms with Crippen LogP contribution in [0, 0.1) is 16.3 Å². The summed E-state index contributed by atoms with van der Waals surface area (Å²) in [6.07, 6.45) is 0. The van der Waals surface area contributed by atoms with E-state index in [-0.39, 0.29) is 11.7 Å². The Morgan fingerprint density at radius 2 is 2.00 bits per heavy atom. The molecule has 0 saturated heterocycles. The van der Waals surface area contributed by atoms with Crippen molar-refractivity contribution in [2.24, 2.45) is 0 Å². The number of anilines is 1. The van der Waals surface area contributed by atoms with E-state index in [2.05, 4.69) is 10.3 Å². The van der Waals surface area contributed by atoms with Gasteiger partial charge in [-0.2, -0.15) is 0 Å². The topological polar surface area (TPSA) is 42.0 Å². The van der Waals surface area contributed by atoms with Gasteiger partial charge in [0, 0.05) is 25.2 Å². The molecule has 1 heterocycles. The Balaban J connectivity index is 1.68. The Labute approximate surface area is 160 Å². The first-order chi connectivity index (χ1) is 11.5. The van der Waals surface area contributed by atoms with Crippen LogP contribution in [0.2, 0.25) is 0 Å². The first-order valence-corrected chi connectivity index (χ1v) is 9.75. The first-order valence-electron chi connectivity index (χ1n) is 6.98. The molecular weight excluding hydrogens is 458 g/mol. The summed E-state index contributed by atoms with van der Waals surface area (Å²) in [7, 11) is 0. The number of aromatic nitrogens is 1. The number of hydrogen-bond donors (Lipinski definition) is 1. The van der Waals surface area contributed by atoms with Gasteiger partial charge in [-0.25, -0.2) is 9.37 Å². The number of nitrogens with one attached hydrogen (secondary N) is 1. The number of hydrogen-bond acceptors (Lipinski definition) is 4. The van der Waals surface area contributed by atoms with Crippen LogP contribution in [0.1, 0.15) is 16.1 Å². The van der Waals surface area contributed by atoms with Crippen molar-refractivity contribution in [3.63, 3.8) is 0 Å². The van der Waals surface area contributed by atoms with Gasteiger partial charge in [0.1, 0.15) is 5.82 Å². The Kier molecular flexibility index (Phi) is 5.52. The number of amides is 1. The third-order valence-corrected chi connectivity index (χ3v) is 6.05. The molecular formula is C17H12FIN2OS2. The summed E-state index contributed by atoms with van der Waals surface area (Å²) in [5.41, 5.74) is 2.16. The third-order valence-electron chi connectivity index (χ3n) is 3.09. The zero-order chi connectivity index (χ0) is 17.1. The predicted molar refractivity (Wildman–Crippen MR) is 104 cm³/mol. The van der Waals surface area contributed by atoms with Crippen LogP contribution in [0.15, 0.2) is 57.1 Å². The zero-order valence-corrected chi connectivity index (χ0v) is 16.3. The molecule has 0 saturated carbocycles. The summed E-state index contributed by atoms with van der Waals surface area (Å²) >= 11 is 5.15. The first kappa shape index (κ1) is 17.4. The molecule has 0 unspecified atom stereocenters. The van der Waals surface area contributed by atoms with Crippen molar-refractivity contribution >= 4 is 57.3 Å². The molecule has 0 aliphatic carbocycles. The average molecular weight is 470 g/mol.